The molecule has 0 aliphatic carbocycles. The average Bonchev–Trinajstić information content (AvgIpc) is 2.76. The van der Waals surface area contributed by atoms with Crippen LogP contribution >= 0.6 is 12.2 Å². The molecule has 12 nitrogen and oxygen atoms in total. The van der Waals surface area contributed by atoms with E-state index in [0.717, 1.165) is 0 Å². The van der Waals surface area contributed by atoms with Crippen LogP contribution in [-0.2, 0) is 29.2 Å². The Labute approximate surface area is 220 Å². The Balaban J connectivity index is 4.88. The minimum atomic E-state index is -4.27. The van der Waals surface area contributed by atoms with Crippen LogP contribution in [0.5, 0.6) is 0 Å². The third kappa shape index (κ3) is 16.7. The number of isothiocyanates is 1. The van der Waals surface area contributed by atoms with Crippen molar-refractivity contribution in [2.75, 3.05) is 65.8 Å². The highest BCUT2D eigenvalue weighted by atomic mass is 32.2. The van der Waals surface area contributed by atoms with Gasteiger partial charge in [0.15, 0.2) is 0 Å². The second-order valence-corrected chi connectivity index (χ2v) is 11.4. The van der Waals surface area contributed by atoms with Gasteiger partial charge in [-0.15, -0.1) is 0 Å². The molecule has 0 bridgehead atoms. The normalized spacial score (nSPS) is 12.8. The van der Waals surface area contributed by atoms with E-state index in [9.17, 15) is 27.4 Å². The summed E-state index contributed by atoms with van der Waals surface area (Å²) in [5, 5.41) is 10.3. The molecule has 0 saturated carbocycles. The van der Waals surface area contributed by atoms with E-state index in [1.807, 2.05) is 21.0 Å². The molecule has 0 rings (SSSR count). The van der Waals surface area contributed by atoms with Crippen LogP contribution in [-0.4, -0.2) is 112 Å². The number of likely N-dealkylation sites (N-methyl/N-ethyl adjacent to an activating group) is 1. The van der Waals surface area contributed by atoms with Crippen molar-refractivity contribution in [1.29, 1.82) is 0 Å². The average molecular weight is 552 g/mol. The molecule has 208 valence electrons. The fourth-order valence-corrected chi connectivity index (χ4v) is 3.46. The molecule has 0 aromatic heterocycles. The van der Waals surface area contributed by atoms with Gasteiger partial charge in [0, 0.05) is 24.1 Å². The predicted octanol–water partition coefficient (Wildman–Crippen LogP) is -0.339. The van der Waals surface area contributed by atoms with Gasteiger partial charge >= 0.3 is 0 Å². The number of ether oxygens (including phenoxy) is 1. The van der Waals surface area contributed by atoms with Gasteiger partial charge in [-0.1, -0.05) is 20.8 Å². The second-order valence-electron chi connectivity index (χ2n) is 9.69. The fourth-order valence-electron chi connectivity index (χ4n) is 2.89. The van der Waals surface area contributed by atoms with Gasteiger partial charge in [0.1, 0.15) is 6.04 Å². The van der Waals surface area contributed by atoms with Crippen LogP contribution in [0.25, 0.3) is 0 Å². The maximum atomic E-state index is 12.9. The summed E-state index contributed by atoms with van der Waals surface area (Å²) in [6.07, 6.45) is 0.516. The zero-order valence-corrected chi connectivity index (χ0v) is 23.6. The Kier molecular flexibility index (Phi) is 15.8. The number of hydrogen-bond donors (Lipinski definition) is 3. The third-order valence-corrected chi connectivity index (χ3v) is 6.58. The molecule has 3 amide bonds. The highest BCUT2D eigenvalue weighted by Gasteiger charge is 2.31. The van der Waals surface area contributed by atoms with Crippen molar-refractivity contribution in [2.45, 2.75) is 46.1 Å². The number of carbonyl (C=O) groups is 3. The molecule has 0 fully saturated rings. The summed E-state index contributed by atoms with van der Waals surface area (Å²) in [6.45, 7) is 7.71. The lowest BCUT2D eigenvalue weighted by Gasteiger charge is -2.30. The Bertz CT molecular complexity index is 872. The Morgan fingerprint density at radius 3 is 2.39 bits per heavy atom. The summed E-state index contributed by atoms with van der Waals surface area (Å²) in [7, 11) is -0.568. The summed E-state index contributed by atoms with van der Waals surface area (Å²) in [5.74, 6) is -1.69. The molecule has 0 aliphatic rings. The van der Waals surface area contributed by atoms with Gasteiger partial charge in [-0.3, -0.25) is 14.4 Å². The lowest BCUT2D eigenvalue weighted by atomic mass is 9.89. The maximum absolute atomic E-state index is 12.9. The summed E-state index contributed by atoms with van der Waals surface area (Å²) >= 11 is 4.46. The molecular weight excluding hydrogens is 510 g/mol. The lowest BCUT2D eigenvalue weighted by molar-refractivity contribution is -0.889. The number of amides is 3. The number of quaternary nitrogens is 1. The van der Waals surface area contributed by atoms with E-state index < -0.39 is 39.1 Å². The highest BCUT2D eigenvalue weighted by molar-refractivity contribution is 7.85. The molecule has 3 N–H and O–H groups in total. The van der Waals surface area contributed by atoms with Crippen molar-refractivity contribution < 1.29 is 36.6 Å². The fraction of sp³-hybridized carbons (Fsp3) is 0.818. The topological polar surface area (TPSA) is 166 Å². The molecule has 1 atom stereocenters. The molecular formula is C22H41N5O7S2. The van der Waals surface area contributed by atoms with Gasteiger partial charge in [0.25, 0.3) is 0 Å². The number of thiocarbonyl (C=S) groups is 1. The number of nitrogens with one attached hydrogen (secondary N) is 3. The van der Waals surface area contributed by atoms with Crippen molar-refractivity contribution in [3.05, 3.63) is 0 Å². The van der Waals surface area contributed by atoms with Gasteiger partial charge < -0.3 is 29.7 Å². The van der Waals surface area contributed by atoms with Crippen LogP contribution in [0.15, 0.2) is 4.99 Å². The number of carbonyl (C=O) groups excluding carboxylic acids is 3. The number of rotatable bonds is 19. The Morgan fingerprint density at radius 2 is 1.81 bits per heavy atom. The standard InChI is InChI=1S/C22H41N5O7S2/c1-6-22(2,3)21(30)26-18(16-19(28)24-10-14-34-13-9-23-17-35)20(29)25-8-12-27(4,5)11-7-15-36(31,32)33/h18H,6-16H2,1-5H3,(H3-,24,25,26,28,29,30,31,32,33). The van der Waals surface area contributed by atoms with E-state index in [-0.39, 0.29) is 38.4 Å². The first-order chi connectivity index (χ1) is 16.6. The number of aliphatic imine (C=N–C) groups is 1. The Hall–Kier alpha value is -1.96. The van der Waals surface area contributed by atoms with E-state index in [1.165, 1.54) is 0 Å². The van der Waals surface area contributed by atoms with E-state index in [0.29, 0.717) is 37.1 Å². The van der Waals surface area contributed by atoms with Gasteiger partial charge in [0.05, 0.1) is 75.2 Å². The van der Waals surface area contributed by atoms with Crippen LogP contribution in [0.3, 0.4) is 0 Å². The second kappa shape index (κ2) is 16.7. The maximum Gasteiger partial charge on any atom is 0.243 e. The number of hydrogen-bond acceptors (Lipinski definition) is 9. The van der Waals surface area contributed by atoms with Crippen molar-refractivity contribution in [3.63, 3.8) is 0 Å². The molecule has 0 aromatic rings. The molecule has 0 radical (unpaired) electrons. The van der Waals surface area contributed by atoms with Crippen LogP contribution in [0.2, 0.25) is 0 Å². The van der Waals surface area contributed by atoms with Crippen LogP contribution in [0, 0.1) is 5.41 Å². The number of nitrogens with zero attached hydrogens (tertiary/aromatic N) is 2. The predicted molar refractivity (Wildman–Crippen MR) is 138 cm³/mol. The molecule has 0 heterocycles. The monoisotopic (exact) mass is 551 g/mol. The lowest BCUT2D eigenvalue weighted by Crippen LogP contribution is -2.54. The van der Waals surface area contributed by atoms with Crippen molar-refractivity contribution >= 4 is 45.2 Å². The van der Waals surface area contributed by atoms with E-state index in [4.69, 9.17) is 4.74 Å². The summed E-state index contributed by atoms with van der Waals surface area (Å²) < 4.78 is 38.1. The van der Waals surface area contributed by atoms with Crippen LogP contribution < -0.4 is 16.0 Å². The molecule has 0 aromatic carbocycles. The molecule has 0 aliphatic heterocycles. The minimum Gasteiger partial charge on any atom is -0.748 e. The summed E-state index contributed by atoms with van der Waals surface area (Å²) in [6, 6.07) is -1.07. The van der Waals surface area contributed by atoms with Gasteiger partial charge in [-0.2, -0.15) is 0 Å². The van der Waals surface area contributed by atoms with Gasteiger partial charge in [-0.25, -0.2) is 13.4 Å². The van der Waals surface area contributed by atoms with E-state index in [2.05, 4.69) is 38.3 Å². The largest absolute Gasteiger partial charge is 0.748 e. The first-order valence-corrected chi connectivity index (χ1v) is 13.8. The first-order valence-electron chi connectivity index (χ1n) is 11.9. The summed E-state index contributed by atoms with van der Waals surface area (Å²) in [5.41, 5.74) is -0.714. The van der Waals surface area contributed by atoms with Crippen molar-refractivity contribution in [3.8, 4) is 0 Å². The molecule has 14 heteroatoms. The minimum absolute atomic E-state index is 0.209. The van der Waals surface area contributed by atoms with Crippen LogP contribution in [0.1, 0.15) is 40.0 Å². The zero-order valence-electron chi connectivity index (χ0n) is 21.9. The SMILES string of the molecule is CCC(C)(C)C(=O)NC(CC(=O)NCCOCCN=C=S)C(=O)NCC[N+](C)(C)CCCS(=O)(=O)[O-]. The van der Waals surface area contributed by atoms with Gasteiger partial charge in [-0.05, 0) is 18.6 Å². The van der Waals surface area contributed by atoms with Crippen LogP contribution in [0.4, 0.5) is 0 Å². The Morgan fingerprint density at radius 1 is 1.14 bits per heavy atom. The quantitative estimate of drug-likeness (QED) is 0.0645. The van der Waals surface area contributed by atoms with E-state index in [1.54, 1.807) is 13.8 Å². The van der Waals surface area contributed by atoms with Crippen molar-refractivity contribution in [1.82, 2.24) is 16.0 Å². The van der Waals surface area contributed by atoms with Crippen molar-refractivity contribution in [2.24, 2.45) is 10.4 Å². The first kappa shape index (κ1) is 34.0. The summed E-state index contributed by atoms with van der Waals surface area (Å²) in [4.78, 5) is 41.6. The van der Waals surface area contributed by atoms with E-state index >= 15 is 0 Å². The zero-order chi connectivity index (χ0) is 27.8. The third-order valence-electron chi connectivity index (χ3n) is 5.66. The smallest absolute Gasteiger partial charge is 0.243 e. The molecule has 36 heavy (non-hydrogen) atoms. The molecule has 0 saturated heterocycles. The molecule has 1 unspecified atom stereocenters. The highest BCUT2D eigenvalue weighted by Crippen LogP contribution is 2.20. The van der Waals surface area contributed by atoms with Gasteiger partial charge in [0.2, 0.25) is 17.7 Å². The molecule has 0 spiro atoms.